The van der Waals surface area contributed by atoms with E-state index in [9.17, 15) is 4.79 Å². The minimum Gasteiger partial charge on any atom is -0.453 e. The Morgan fingerprint density at radius 2 is 2.19 bits per heavy atom. The van der Waals surface area contributed by atoms with E-state index >= 15 is 0 Å². The molecule has 1 amide bonds. The van der Waals surface area contributed by atoms with Crippen LogP contribution < -0.4 is 5.32 Å². The molecule has 92 valence electrons. The molecule has 0 radical (unpaired) electrons. The van der Waals surface area contributed by atoms with Crippen LogP contribution in [0.1, 0.15) is 32.1 Å². The zero-order chi connectivity index (χ0) is 11.4. The largest absolute Gasteiger partial charge is 0.453 e. The van der Waals surface area contributed by atoms with Crippen LogP contribution in [-0.4, -0.2) is 43.8 Å². The van der Waals surface area contributed by atoms with Gasteiger partial charge in [-0.25, -0.2) is 4.79 Å². The van der Waals surface area contributed by atoms with Gasteiger partial charge in [0.05, 0.1) is 7.11 Å². The van der Waals surface area contributed by atoms with E-state index in [2.05, 4.69) is 15.0 Å². The van der Waals surface area contributed by atoms with Crippen LogP contribution in [0.3, 0.4) is 0 Å². The molecule has 2 aliphatic rings. The molecule has 1 heterocycles. The zero-order valence-corrected chi connectivity index (χ0v) is 10.1. The molecule has 1 unspecified atom stereocenters. The van der Waals surface area contributed by atoms with Crippen molar-refractivity contribution in [2.75, 3.05) is 26.7 Å². The van der Waals surface area contributed by atoms with Crippen molar-refractivity contribution in [3.05, 3.63) is 0 Å². The lowest BCUT2D eigenvalue weighted by molar-refractivity contribution is 0.124. The maximum absolute atomic E-state index is 11.1. The zero-order valence-electron chi connectivity index (χ0n) is 10.1. The highest BCUT2D eigenvalue weighted by Crippen LogP contribution is 2.27. The number of ether oxygens (including phenoxy) is 1. The number of amides is 1. The van der Waals surface area contributed by atoms with Crippen molar-refractivity contribution in [1.82, 2.24) is 10.2 Å². The van der Waals surface area contributed by atoms with Crippen molar-refractivity contribution in [1.29, 1.82) is 0 Å². The molecule has 2 rings (SSSR count). The van der Waals surface area contributed by atoms with Gasteiger partial charge in [-0.05, 0) is 38.1 Å². The van der Waals surface area contributed by atoms with Gasteiger partial charge in [-0.2, -0.15) is 0 Å². The number of methoxy groups -OCH3 is 1. The van der Waals surface area contributed by atoms with Crippen molar-refractivity contribution in [3.8, 4) is 0 Å². The average molecular weight is 226 g/mol. The molecule has 1 atom stereocenters. The van der Waals surface area contributed by atoms with E-state index in [0.717, 1.165) is 18.9 Å². The summed E-state index contributed by atoms with van der Waals surface area (Å²) in [6, 6.07) is 0.279. The summed E-state index contributed by atoms with van der Waals surface area (Å²) in [5.74, 6) is 0.914. The number of likely N-dealkylation sites (tertiary alicyclic amines) is 1. The molecule has 0 bridgehead atoms. The highest BCUT2D eigenvalue weighted by atomic mass is 16.5. The second kappa shape index (κ2) is 5.53. The Kier molecular flexibility index (Phi) is 4.04. The van der Waals surface area contributed by atoms with Crippen LogP contribution in [0.2, 0.25) is 0 Å². The van der Waals surface area contributed by atoms with Gasteiger partial charge in [0.15, 0.2) is 0 Å². The first-order chi connectivity index (χ1) is 7.78. The Labute approximate surface area is 97.3 Å². The van der Waals surface area contributed by atoms with Gasteiger partial charge in [-0.3, -0.25) is 0 Å². The SMILES string of the molecule is COC(=O)NC1CCCN(CC2CCC2)C1. The average Bonchev–Trinajstić information content (AvgIpc) is 2.24. The number of hydrogen-bond donors (Lipinski definition) is 1. The Balaban J connectivity index is 1.72. The van der Waals surface area contributed by atoms with Crippen LogP contribution in [0.5, 0.6) is 0 Å². The third-order valence-corrected chi connectivity index (χ3v) is 3.75. The standard InChI is InChI=1S/C12H22N2O2/c1-16-12(15)13-11-6-3-7-14(9-11)8-10-4-2-5-10/h10-11H,2-9H2,1H3,(H,13,15). The van der Waals surface area contributed by atoms with E-state index in [1.807, 2.05) is 0 Å². The minimum absolute atomic E-state index is 0.279. The molecule has 2 fully saturated rings. The smallest absolute Gasteiger partial charge is 0.407 e. The number of piperidine rings is 1. The summed E-state index contributed by atoms with van der Waals surface area (Å²) in [4.78, 5) is 13.6. The predicted molar refractivity (Wildman–Crippen MR) is 62.3 cm³/mol. The molecule has 1 aliphatic heterocycles. The van der Waals surface area contributed by atoms with Gasteiger partial charge in [0.1, 0.15) is 0 Å². The minimum atomic E-state index is -0.296. The number of carbonyl (C=O) groups is 1. The molecule has 4 nitrogen and oxygen atoms in total. The molecular formula is C12H22N2O2. The van der Waals surface area contributed by atoms with Crippen LogP contribution in [0.4, 0.5) is 4.79 Å². The third-order valence-electron chi connectivity index (χ3n) is 3.75. The highest BCUT2D eigenvalue weighted by molar-refractivity contribution is 5.67. The Morgan fingerprint density at radius 1 is 1.38 bits per heavy atom. The summed E-state index contributed by atoms with van der Waals surface area (Å²) < 4.78 is 4.63. The molecule has 0 spiro atoms. The van der Waals surface area contributed by atoms with Gasteiger partial charge in [-0.15, -0.1) is 0 Å². The van der Waals surface area contributed by atoms with Gasteiger partial charge >= 0.3 is 6.09 Å². The number of nitrogens with one attached hydrogen (secondary N) is 1. The lowest BCUT2D eigenvalue weighted by Crippen LogP contribution is -2.49. The quantitative estimate of drug-likeness (QED) is 0.795. The third kappa shape index (κ3) is 3.11. The van der Waals surface area contributed by atoms with Gasteiger partial charge in [0.25, 0.3) is 0 Å². The normalized spacial score (nSPS) is 27.2. The first-order valence-electron chi connectivity index (χ1n) is 6.35. The Hall–Kier alpha value is -0.770. The Bertz CT molecular complexity index is 241. The first kappa shape index (κ1) is 11.7. The summed E-state index contributed by atoms with van der Waals surface area (Å²) in [5.41, 5.74) is 0. The highest BCUT2D eigenvalue weighted by Gasteiger charge is 2.25. The maximum Gasteiger partial charge on any atom is 0.407 e. The van der Waals surface area contributed by atoms with Crippen molar-refractivity contribution < 1.29 is 9.53 Å². The van der Waals surface area contributed by atoms with Crippen LogP contribution in [0.25, 0.3) is 0 Å². The van der Waals surface area contributed by atoms with Gasteiger partial charge in [0.2, 0.25) is 0 Å². The Morgan fingerprint density at radius 3 is 2.81 bits per heavy atom. The van der Waals surface area contributed by atoms with Crippen LogP contribution in [0, 0.1) is 5.92 Å². The van der Waals surface area contributed by atoms with Crippen molar-refractivity contribution in [2.45, 2.75) is 38.1 Å². The van der Waals surface area contributed by atoms with Crippen LogP contribution >= 0.6 is 0 Å². The first-order valence-corrected chi connectivity index (χ1v) is 6.35. The van der Waals surface area contributed by atoms with E-state index in [0.29, 0.717) is 0 Å². The second-order valence-electron chi connectivity index (χ2n) is 5.03. The summed E-state index contributed by atoms with van der Waals surface area (Å²) in [6.07, 6.45) is 6.16. The molecule has 1 aliphatic carbocycles. The number of alkyl carbamates (subject to hydrolysis) is 1. The molecule has 0 aromatic heterocycles. The molecule has 0 aromatic rings. The van der Waals surface area contributed by atoms with E-state index in [1.54, 1.807) is 0 Å². The van der Waals surface area contributed by atoms with E-state index in [-0.39, 0.29) is 12.1 Å². The van der Waals surface area contributed by atoms with Crippen molar-refractivity contribution >= 4 is 6.09 Å². The van der Waals surface area contributed by atoms with Gasteiger partial charge < -0.3 is 15.0 Å². The molecular weight excluding hydrogens is 204 g/mol. The fourth-order valence-corrected chi connectivity index (χ4v) is 2.61. The summed E-state index contributed by atoms with van der Waals surface area (Å²) >= 11 is 0. The summed E-state index contributed by atoms with van der Waals surface area (Å²) in [7, 11) is 1.42. The number of hydrogen-bond acceptors (Lipinski definition) is 3. The topological polar surface area (TPSA) is 41.6 Å². The van der Waals surface area contributed by atoms with E-state index in [1.165, 1.54) is 45.9 Å². The molecule has 4 heteroatoms. The fourth-order valence-electron chi connectivity index (χ4n) is 2.61. The molecule has 1 saturated heterocycles. The monoisotopic (exact) mass is 226 g/mol. The maximum atomic E-state index is 11.1. The summed E-state index contributed by atoms with van der Waals surface area (Å²) in [6.45, 7) is 3.40. The number of carbonyl (C=O) groups excluding carboxylic acids is 1. The molecule has 0 aromatic carbocycles. The van der Waals surface area contributed by atoms with Crippen LogP contribution in [-0.2, 0) is 4.74 Å². The molecule has 1 saturated carbocycles. The number of nitrogens with zero attached hydrogens (tertiary/aromatic N) is 1. The van der Waals surface area contributed by atoms with E-state index in [4.69, 9.17) is 0 Å². The lowest BCUT2D eigenvalue weighted by atomic mass is 9.84. The molecule has 1 N–H and O–H groups in total. The molecule has 16 heavy (non-hydrogen) atoms. The van der Waals surface area contributed by atoms with Crippen molar-refractivity contribution in [3.63, 3.8) is 0 Å². The van der Waals surface area contributed by atoms with Crippen LogP contribution in [0.15, 0.2) is 0 Å². The lowest BCUT2D eigenvalue weighted by Gasteiger charge is -2.37. The fraction of sp³-hybridized carbons (Fsp3) is 0.917. The van der Waals surface area contributed by atoms with Gasteiger partial charge in [0, 0.05) is 19.1 Å². The van der Waals surface area contributed by atoms with E-state index < -0.39 is 0 Å². The van der Waals surface area contributed by atoms with Crippen molar-refractivity contribution in [2.24, 2.45) is 5.92 Å². The number of rotatable bonds is 3. The predicted octanol–water partition coefficient (Wildman–Crippen LogP) is 1.61. The summed E-state index contributed by atoms with van der Waals surface area (Å²) in [5, 5.41) is 2.90. The second-order valence-corrected chi connectivity index (χ2v) is 5.03. The van der Waals surface area contributed by atoms with Gasteiger partial charge in [-0.1, -0.05) is 6.42 Å².